The van der Waals surface area contributed by atoms with Crippen LogP contribution in [0.3, 0.4) is 0 Å². The molecule has 1 aliphatic heterocycles. The van der Waals surface area contributed by atoms with Crippen LogP contribution in [0.25, 0.3) is 0 Å². The molecule has 2 aliphatic rings. The molecule has 1 aromatic rings. The number of nitrogens with zero attached hydrogens (tertiary/aromatic N) is 2. The van der Waals surface area contributed by atoms with Crippen LogP contribution >= 0.6 is 0 Å². The SMILES string of the molecule is CN(C)C1CCN(Cc2cc(CNC3CC3)co2)CC1. The van der Waals surface area contributed by atoms with E-state index in [0.717, 1.165) is 30.9 Å². The molecule has 0 unspecified atom stereocenters. The first kappa shape index (κ1) is 14.1. The zero-order chi connectivity index (χ0) is 13.9. The van der Waals surface area contributed by atoms with Gasteiger partial charge in [0, 0.05) is 37.3 Å². The Morgan fingerprint density at radius 2 is 2.00 bits per heavy atom. The van der Waals surface area contributed by atoms with Crippen LogP contribution in [0, 0.1) is 0 Å². The molecule has 1 N–H and O–H groups in total. The minimum Gasteiger partial charge on any atom is -0.468 e. The Kier molecular flexibility index (Phi) is 4.44. The van der Waals surface area contributed by atoms with Gasteiger partial charge in [-0.25, -0.2) is 0 Å². The summed E-state index contributed by atoms with van der Waals surface area (Å²) in [5.74, 6) is 1.11. The first-order valence-electron chi connectivity index (χ1n) is 7.89. The van der Waals surface area contributed by atoms with Gasteiger partial charge in [-0.05, 0) is 45.8 Å². The van der Waals surface area contributed by atoms with E-state index in [9.17, 15) is 0 Å². The van der Waals surface area contributed by atoms with Gasteiger partial charge in [0.2, 0.25) is 0 Å². The molecule has 0 radical (unpaired) electrons. The van der Waals surface area contributed by atoms with Crippen molar-refractivity contribution >= 4 is 0 Å². The quantitative estimate of drug-likeness (QED) is 0.862. The van der Waals surface area contributed by atoms with Crippen molar-refractivity contribution in [2.45, 2.75) is 50.9 Å². The van der Waals surface area contributed by atoms with Crippen LogP contribution in [0.4, 0.5) is 0 Å². The van der Waals surface area contributed by atoms with Crippen LogP contribution in [-0.4, -0.2) is 49.1 Å². The van der Waals surface area contributed by atoms with Crippen LogP contribution < -0.4 is 5.32 Å². The van der Waals surface area contributed by atoms with E-state index < -0.39 is 0 Å². The monoisotopic (exact) mass is 277 g/mol. The van der Waals surface area contributed by atoms with Crippen LogP contribution in [0.1, 0.15) is 37.0 Å². The molecule has 4 nitrogen and oxygen atoms in total. The van der Waals surface area contributed by atoms with Gasteiger partial charge in [0.05, 0.1) is 12.8 Å². The molecule has 4 heteroatoms. The maximum Gasteiger partial charge on any atom is 0.118 e. The Balaban J connectivity index is 1.43. The molecule has 0 spiro atoms. The molecular formula is C16H27N3O. The van der Waals surface area contributed by atoms with Crippen molar-refractivity contribution in [2.75, 3.05) is 27.2 Å². The van der Waals surface area contributed by atoms with E-state index in [-0.39, 0.29) is 0 Å². The maximum absolute atomic E-state index is 5.70. The predicted octanol–water partition coefficient (Wildman–Crippen LogP) is 2.06. The molecule has 0 bridgehead atoms. The number of hydrogen-bond acceptors (Lipinski definition) is 4. The van der Waals surface area contributed by atoms with E-state index in [1.165, 1.54) is 44.3 Å². The summed E-state index contributed by atoms with van der Waals surface area (Å²) < 4.78 is 5.70. The van der Waals surface area contributed by atoms with Crippen molar-refractivity contribution in [1.29, 1.82) is 0 Å². The number of hydrogen-bond donors (Lipinski definition) is 1. The van der Waals surface area contributed by atoms with Gasteiger partial charge < -0.3 is 14.6 Å². The van der Waals surface area contributed by atoms with E-state index in [1.54, 1.807) is 0 Å². The summed E-state index contributed by atoms with van der Waals surface area (Å²) in [7, 11) is 4.37. The smallest absolute Gasteiger partial charge is 0.118 e. The third kappa shape index (κ3) is 3.84. The fraction of sp³-hybridized carbons (Fsp3) is 0.750. The van der Waals surface area contributed by atoms with Gasteiger partial charge in [0.25, 0.3) is 0 Å². The molecular weight excluding hydrogens is 250 g/mol. The Bertz CT molecular complexity index is 417. The van der Waals surface area contributed by atoms with E-state index in [0.29, 0.717) is 0 Å². The van der Waals surface area contributed by atoms with E-state index in [2.05, 4.69) is 35.3 Å². The van der Waals surface area contributed by atoms with Crippen molar-refractivity contribution in [2.24, 2.45) is 0 Å². The van der Waals surface area contributed by atoms with Gasteiger partial charge in [-0.1, -0.05) is 0 Å². The lowest BCUT2D eigenvalue weighted by atomic mass is 10.0. The Morgan fingerprint density at radius 1 is 1.25 bits per heavy atom. The van der Waals surface area contributed by atoms with Gasteiger partial charge in [-0.15, -0.1) is 0 Å². The highest BCUT2D eigenvalue weighted by Crippen LogP contribution is 2.21. The zero-order valence-electron chi connectivity index (χ0n) is 12.8. The zero-order valence-corrected chi connectivity index (χ0v) is 12.8. The predicted molar refractivity (Wildman–Crippen MR) is 80.6 cm³/mol. The van der Waals surface area contributed by atoms with Gasteiger partial charge in [0.15, 0.2) is 0 Å². The van der Waals surface area contributed by atoms with Crippen LogP contribution in [0.15, 0.2) is 16.7 Å². The van der Waals surface area contributed by atoms with Crippen molar-refractivity contribution in [3.8, 4) is 0 Å². The van der Waals surface area contributed by atoms with Crippen molar-refractivity contribution < 1.29 is 4.42 Å². The van der Waals surface area contributed by atoms with Crippen molar-refractivity contribution in [1.82, 2.24) is 15.1 Å². The van der Waals surface area contributed by atoms with Crippen LogP contribution in [0.2, 0.25) is 0 Å². The van der Waals surface area contributed by atoms with E-state index in [4.69, 9.17) is 4.42 Å². The first-order valence-corrected chi connectivity index (χ1v) is 7.89. The summed E-state index contributed by atoms with van der Waals surface area (Å²) in [5.41, 5.74) is 1.29. The number of piperidine rings is 1. The summed E-state index contributed by atoms with van der Waals surface area (Å²) in [4.78, 5) is 4.86. The largest absolute Gasteiger partial charge is 0.468 e. The molecule has 2 heterocycles. The number of rotatable bonds is 6. The molecule has 1 aromatic heterocycles. The minimum absolute atomic E-state index is 0.751. The normalized spacial score (nSPS) is 21.8. The van der Waals surface area contributed by atoms with Crippen molar-refractivity contribution in [3.05, 3.63) is 23.7 Å². The Labute approximate surface area is 122 Å². The third-order valence-corrected chi connectivity index (χ3v) is 4.55. The molecule has 1 aliphatic carbocycles. The average Bonchev–Trinajstić information content (AvgIpc) is 3.17. The second-order valence-corrected chi connectivity index (χ2v) is 6.55. The first-order chi connectivity index (χ1) is 9.70. The maximum atomic E-state index is 5.70. The van der Waals surface area contributed by atoms with E-state index >= 15 is 0 Å². The lowest BCUT2D eigenvalue weighted by Crippen LogP contribution is -2.41. The summed E-state index contributed by atoms with van der Waals surface area (Å²) in [6, 6.07) is 3.73. The minimum atomic E-state index is 0.751. The highest BCUT2D eigenvalue weighted by atomic mass is 16.3. The van der Waals surface area contributed by atoms with Crippen molar-refractivity contribution in [3.63, 3.8) is 0 Å². The van der Waals surface area contributed by atoms with E-state index in [1.807, 2.05) is 6.26 Å². The molecule has 0 amide bonds. The molecule has 0 atom stereocenters. The highest BCUT2D eigenvalue weighted by molar-refractivity contribution is 5.13. The number of furan rings is 1. The molecule has 3 rings (SSSR count). The van der Waals surface area contributed by atoms with Gasteiger partial charge in [-0.3, -0.25) is 4.90 Å². The number of likely N-dealkylation sites (tertiary alicyclic amines) is 1. The highest BCUT2D eigenvalue weighted by Gasteiger charge is 2.22. The van der Waals surface area contributed by atoms with Gasteiger partial charge >= 0.3 is 0 Å². The third-order valence-electron chi connectivity index (χ3n) is 4.55. The lowest BCUT2D eigenvalue weighted by molar-refractivity contribution is 0.133. The second kappa shape index (κ2) is 6.29. The summed E-state index contributed by atoms with van der Waals surface area (Å²) in [6.07, 6.45) is 7.13. The standard InChI is InChI=1S/C16H27N3O/c1-18(2)15-5-7-19(8-6-15)11-16-9-13(12-20-16)10-17-14-3-4-14/h9,12,14-15,17H,3-8,10-11H2,1-2H3. The van der Waals surface area contributed by atoms with Crippen LogP contribution in [-0.2, 0) is 13.1 Å². The molecule has 20 heavy (non-hydrogen) atoms. The fourth-order valence-electron chi connectivity index (χ4n) is 2.97. The second-order valence-electron chi connectivity index (χ2n) is 6.55. The summed E-state index contributed by atoms with van der Waals surface area (Å²) in [5, 5.41) is 3.53. The summed E-state index contributed by atoms with van der Waals surface area (Å²) in [6.45, 7) is 4.28. The molecule has 0 aromatic carbocycles. The molecule has 1 saturated heterocycles. The molecule has 2 fully saturated rings. The Morgan fingerprint density at radius 3 is 2.65 bits per heavy atom. The summed E-state index contributed by atoms with van der Waals surface area (Å²) >= 11 is 0. The lowest BCUT2D eigenvalue weighted by Gasteiger charge is -2.34. The topological polar surface area (TPSA) is 31.6 Å². The van der Waals surface area contributed by atoms with Gasteiger partial charge in [-0.2, -0.15) is 0 Å². The molecule has 112 valence electrons. The number of nitrogens with one attached hydrogen (secondary N) is 1. The van der Waals surface area contributed by atoms with Gasteiger partial charge in [0.1, 0.15) is 5.76 Å². The molecule has 1 saturated carbocycles. The Hall–Kier alpha value is -0.840. The average molecular weight is 277 g/mol. The fourth-order valence-corrected chi connectivity index (χ4v) is 2.97. The van der Waals surface area contributed by atoms with Crippen LogP contribution in [0.5, 0.6) is 0 Å².